The highest BCUT2D eigenvalue weighted by Crippen LogP contribution is 2.52. The molecule has 0 heterocycles. The van der Waals surface area contributed by atoms with E-state index in [1.165, 1.54) is 4.90 Å². The molecule has 1 amide bonds. The topological polar surface area (TPSA) is 173 Å². The standard InChI is InChI=1S/C27H35N3O7/c1-26(2,3)11-29-10-13-7-6-12-8-14-9-15-19(30(4)5)22(33)18(25(28)36)24(35)27(15,37)23(34)17(14)21(32)16(12)20(13)31/h6-7,14-15,19,29,31,33-34,37H,8-11H2,1-5H3,(H2,28,36)/t14-,15-,19?,27-/m0/s1. The van der Waals surface area contributed by atoms with Gasteiger partial charge >= 0.3 is 0 Å². The highest BCUT2D eigenvalue weighted by atomic mass is 16.3. The molecule has 0 bridgehead atoms. The molecular formula is C27H35N3O7. The van der Waals surface area contributed by atoms with E-state index in [2.05, 4.69) is 26.1 Å². The SMILES string of the molecule is CN(C)C1C(O)=C(C(N)=O)C(=O)[C@@]2(O)C(O)=C3C(=O)c4c(ccc(CNCC(C)(C)C)c4O)C[C@H]3C[C@@H]12. The number of carbonyl (C=O) groups excluding carboxylic acids is 3. The van der Waals surface area contributed by atoms with Gasteiger partial charge in [0.1, 0.15) is 22.8 Å². The summed E-state index contributed by atoms with van der Waals surface area (Å²) in [6.07, 6.45) is 0.346. The highest BCUT2D eigenvalue weighted by Gasteiger charge is 2.63. The van der Waals surface area contributed by atoms with Gasteiger partial charge in [0.25, 0.3) is 5.91 Å². The number of allylic oxidation sites excluding steroid dienone is 1. The molecule has 37 heavy (non-hydrogen) atoms. The zero-order chi connectivity index (χ0) is 27.6. The van der Waals surface area contributed by atoms with Crippen molar-refractivity contribution in [1.82, 2.24) is 10.2 Å². The van der Waals surface area contributed by atoms with Crippen LogP contribution in [0.2, 0.25) is 0 Å². The fourth-order valence-corrected chi connectivity index (χ4v) is 5.98. The summed E-state index contributed by atoms with van der Waals surface area (Å²) in [6.45, 7) is 7.20. The van der Waals surface area contributed by atoms with E-state index in [-0.39, 0.29) is 35.1 Å². The van der Waals surface area contributed by atoms with Crippen molar-refractivity contribution in [1.29, 1.82) is 0 Å². The van der Waals surface area contributed by atoms with Crippen molar-refractivity contribution in [3.63, 3.8) is 0 Å². The van der Waals surface area contributed by atoms with Gasteiger partial charge in [-0.15, -0.1) is 0 Å². The highest BCUT2D eigenvalue weighted by molar-refractivity contribution is 6.24. The van der Waals surface area contributed by atoms with Crippen molar-refractivity contribution in [2.45, 2.75) is 51.8 Å². The summed E-state index contributed by atoms with van der Waals surface area (Å²) in [5, 5.41) is 48.0. The Kier molecular flexibility index (Phi) is 6.51. The van der Waals surface area contributed by atoms with Crippen molar-refractivity contribution in [2.24, 2.45) is 23.0 Å². The van der Waals surface area contributed by atoms with Crippen LogP contribution in [0.25, 0.3) is 0 Å². The summed E-state index contributed by atoms with van der Waals surface area (Å²) < 4.78 is 0. The van der Waals surface area contributed by atoms with Gasteiger partial charge in [-0.1, -0.05) is 32.9 Å². The predicted molar refractivity (Wildman–Crippen MR) is 135 cm³/mol. The Morgan fingerprint density at radius 2 is 1.84 bits per heavy atom. The second kappa shape index (κ2) is 8.97. The molecule has 3 aliphatic carbocycles. The fourth-order valence-electron chi connectivity index (χ4n) is 5.98. The monoisotopic (exact) mass is 513 g/mol. The first-order valence-corrected chi connectivity index (χ1v) is 12.3. The third-order valence-electron chi connectivity index (χ3n) is 7.65. The Bertz CT molecular complexity index is 1260. The molecule has 4 atom stereocenters. The number of benzene rings is 1. The van der Waals surface area contributed by atoms with Crippen LogP contribution < -0.4 is 11.1 Å². The van der Waals surface area contributed by atoms with Crippen LogP contribution in [0.5, 0.6) is 5.75 Å². The van der Waals surface area contributed by atoms with Crippen LogP contribution in [0, 0.1) is 17.3 Å². The first-order valence-electron chi connectivity index (χ1n) is 12.3. The van der Waals surface area contributed by atoms with Crippen LogP contribution in [0.4, 0.5) is 0 Å². The minimum Gasteiger partial charge on any atom is -0.510 e. The smallest absolute Gasteiger partial charge is 0.255 e. The van der Waals surface area contributed by atoms with Gasteiger partial charge in [0.05, 0.1) is 11.6 Å². The molecule has 0 saturated carbocycles. The maximum Gasteiger partial charge on any atom is 0.255 e. The van der Waals surface area contributed by atoms with Crippen molar-refractivity contribution >= 4 is 17.5 Å². The molecule has 0 fully saturated rings. The zero-order valence-corrected chi connectivity index (χ0v) is 21.8. The van der Waals surface area contributed by atoms with Crippen LogP contribution in [0.15, 0.2) is 34.8 Å². The van der Waals surface area contributed by atoms with Gasteiger partial charge in [-0.25, -0.2) is 0 Å². The third-order valence-corrected chi connectivity index (χ3v) is 7.65. The number of nitrogens with two attached hydrogens (primary N) is 1. The molecule has 10 nitrogen and oxygen atoms in total. The van der Waals surface area contributed by atoms with Crippen LogP contribution in [-0.2, 0) is 22.6 Å². The van der Waals surface area contributed by atoms with Gasteiger partial charge < -0.3 is 31.5 Å². The number of nitrogens with one attached hydrogen (secondary N) is 1. The van der Waals surface area contributed by atoms with Crippen LogP contribution in [0.3, 0.4) is 0 Å². The Balaban J connectivity index is 1.81. The Labute approximate surface area is 215 Å². The Morgan fingerprint density at radius 3 is 2.41 bits per heavy atom. The molecule has 4 rings (SSSR count). The number of fused-ring (bicyclic) bond motifs is 3. The number of likely N-dealkylation sites (N-methyl/N-ethyl adjacent to an activating group) is 1. The van der Waals surface area contributed by atoms with E-state index < -0.39 is 58.0 Å². The lowest BCUT2D eigenvalue weighted by Gasteiger charge is -2.50. The van der Waals surface area contributed by atoms with Gasteiger partial charge in [-0.2, -0.15) is 0 Å². The number of carbonyl (C=O) groups is 3. The molecule has 0 aliphatic heterocycles. The van der Waals surface area contributed by atoms with Gasteiger partial charge in [0.2, 0.25) is 5.78 Å². The number of nitrogens with zero attached hydrogens (tertiary/aromatic N) is 1. The van der Waals surface area contributed by atoms with Gasteiger partial charge in [0, 0.05) is 30.1 Å². The first-order chi connectivity index (χ1) is 17.1. The quantitative estimate of drug-likeness (QED) is 0.317. The molecule has 7 N–H and O–H groups in total. The van der Waals surface area contributed by atoms with Gasteiger partial charge in [0.15, 0.2) is 11.4 Å². The number of aromatic hydroxyl groups is 1. The number of rotatable bonds is 5. The van der Waals surface area contributed by atoms with Crippen molar-refractivity contribution < 1.29 is 34.8 Å². The molecule has 10 heteroatoms. The lowest BCUT2D eigenvalue weighted by Crippen LogP contribution is -2.63. The van der Waals surface area contributed by atoms with E-state index in [0.29, 0.717) is 24.2 Å². The summed E-state index contributed by atoms with van der Waals surface area (Å²) >= 11 is 0. The molecule has 1 aromatic carbocycles. The first kappa shape index (κ1) is 26.8. The normalized spacial score (nSPS) is 27.8. The second-order valence-electron chi connectivity index (χ2n) is 11.7. The largest absolute Gasteiger partial charge is 0.510 e. The van der Waals surface area contributed by atoms with Gasteiger partial charge in [-0.3, -0.25) is 19.3 Å². The van der Waals surface area contributed by atoms with Crippen LogP contribution >= 0.6 is 0 Å². The predicted octanol–water partition coefficient (Wildman–Crippen LogP) is 1.26. The lowest BCUT2D eigenvalue weighted by molar-refractivity contribution is -0.148. The Morgan fingerprint density at radius 1 is 1.19 bits per heavy atom. The number of ketones is 2. The fraction of sp³-hybridized carbons (Fsp3) is 0.519. The van der Waals surface area contributed by atoms with E-state index in [4.69, 9.17) is 5.73 Å². The number of primary amides is 1. The Hall–Kier alpha value is -3.21. The van der Waals surface area contributed by atoms with Gasteiger partial charge in [-0.05, 0) is 43.8 Å². The summed E-state index contributed by atoms with van der Waals surface area (Å²) in [5.41, 5.74) is 2.88. The molecule has 1 unspecified atom stereocenters. The number of Topliss-reactive ketones (excluding diaryl/α,β-unsaturated/α-hetero) is 2. The molecule has 1 aromatic rings. The maximum absolute atomic E-state index is 13.7. The second-order valence-corrected chi connectivity index (χ2v) is 11.7. The number of phenols is 1. The number of phenolic OH excluding ortho intramolecular Hbond substituents is 1. The van der Waals surface area contributed by atoms with E-state index >= 15 is 0 Å². The van der Waals surface area contributed by atoms with Crippen molar-refractivity contribution in [3.05, 3.63) is 51.5 Å². The summed E-state index contributed by atoms with van der Waals surface area (Å²) in [4.78, 5) is 40.6. The number of hydrogen-bond acceptors (Lipinski definition) is 9. The molecule has 200 valence electrons. The molecule has 3 aliphatic rings. The number of hydrogen-bond donors (Lipinski definition) is 6. The van der Waals surface area contributed by atoms with Crippen molar-refractivity contribution in [3.8, 4) is 5.75 Å². The molecule has 0 aromatic heterocycles. The van der Waals surface area contributed by atoms with E-state index in [9.17, 15) is 34.8 Å². The summed E-state index contributed by atoms with van der Waals surface area (Å²) in [6, 6.07) is 2.52. The number of aliphatic hydroxyl groups is 3. The minimum atomic E-state index is -2.63. The van der Waals surface area contributed by atoms with Crippen LogP contribution in [0.1, 0.15) is 48.7 Å². The molecule has 0 saturated heterocycles. The maximum atomic E-state index is 13.7. The van der Waals surface area contributed by atoms with E-state index in [0.717, 1.165) is 0 Å². The van der Waals surface area contributed by atoms with Crippen LogP contribution in [-0.4, -0.2) is 75.1 Å². The number of amides is 1. The van der Waals surface area contributed by atoms with E-state index in [1.807, 2.05) is 0 Å². The summed E-state index contributed by atoms with van der Waals surface area (Å²) in [5.74, 6) is -6.43. The molecule has 0 spiro atoms. The molecule has 0 radical (unpaired) electrons. The average Bonchev–Trinajstić information content (AvgIpc) is 2.76. The van der Waals surface area contributed by atoms with Crippen molar-refractivity contribution in [2.75, 3.05) is 20.6 Å². The zero-order valence-electron chi connectivity index (χ0n) is 21.8. The summed E-state index contributed by atoms with van der Waals surface area (Å²) in [7, 11) is 3.20. The minimum absolute atomic E-state index is 0.0150. The third kappa shape index (κ3) is 4.13. The molecular weight excluding hydrogens is 478 g/mol. The van der Waals surface area contributed by atoms with E-state index in [1.54, 1.807) is 26.2 Å². The lowest BCUT2D eigenvalue weighted by atomic mass is 9.58. The average molecular weight is 514 g/mol. The number of aliphatic hydroxyl groups excluding tert-OH is 2.